The number of aryl methyl sites for hydroxylation is 1. The van der Waals surface area contributed by atoms with Crippen LogP contribution in [-0.4, -0.2) is 10.1 Å². The zero-order valence-electron chi connectivity index (χ0n) is 6.84. The Labute approximate surface area is 76.2 Å². The molecule has 0 fully saturated rings. The van der Waals surface area contributed by atoms with Crippen LogP contribution in [-0.2, 0) is 6.42 Å². The topological polar surface area (TPSA) is 33.1 Å². The lowest BCUT2D eigenvalue weighted by atomic mass is 10.1. The molecule has 1 aliphatic carbocycles. The van der Waals surface area contributed by atoms with Crippen LogP contribution in [0.25, 0.3) is 0 Å². The molecule has 3 heteroatoms. The molecule has 2 rings (SSSR count). The molecule has 0 spiro atoms. The Morgan fingerprint density at radius 2 is 2.42 bits per heavy atom. The average Bonchev–Trinajstić information content (AvgIpc) is 2.33. The van der Waals surface area contributed by atoms with E-state index in [0.29, 0.717) is 5.15 Å². The predicted octanol–water partition coefficient (Wildman–Crippen LogP) is 2.02. The molecule has 1 heterocycles. The summed E-state index contributed by atoms with van der Waals surface area (Å²) in [4.78, 5) is 4.11. The van der Waals surface area contributed by atoms with Gasteiger partial charge in [0, 0.05) is 0 Å². The van der Waals surface area contributed by atoms with E-state index in [1.807, 2.05) is 13.0 Å². The van der Waals surface area contributed by atoms with Gasteiger partial charge in [-0.15, -0.1) is 0 Å². The lowest BCUT2D eigenvalue weighted by Gasteiger charge is -2.05. The Morgan fingerprint density at radius 1 is 1.67 bits per heavy atom. The number of aromatic nitrogens is 1. The molecule has 2 nitrogen and oxygen atoms in total. The number of hydrogen-bond acceptors (Lipinski definition) is 2. The second-order valence-electron chi connectivity index (χ2n) is 3.18. The molecule has 1 aromatic heterocycles. The van der Waals surface area contributed by atoms with Crippen LogP contribution in [0.1, 0.15) is 29.3 Å². The minimum absolute atomic E-state index is 0.405. The van der Waals surface area contributed by atoms with Gasteiger partial charge in [-0.3, -0.25) is 0 Å². The van der Waals surface area contributed by atoms with Crippen LogP contribution in [0, 0.1) is 6.92 Å². The van der Waals surface area contributed by atoms with Gasteiger partial charge in [0.05, 0.1) is 11.8 Å². The summed E-state index contributed by atoms with van der Waals surface area (Å²) in [7, 11) is 0. The summed E-state index contributed by atoms with van der Waals surface area (Å²) in [5, 5.41) is 9.99. The largest absolute Gasteiger partial charge is 0.387 e. The zero-order chi connectivity index (χ0) is 8.72. The summed E-state index contributed by atoms with van der Waals surface area (Å²) in [5.74, 6) is 0. The van der Waals surface area contributed by atoms with Gasteiger partial charge in [-0.05, 0) is 37.0 Å². The number of pyridine rings is 1. The van der Waals surface area contributed by atoms with Gasteiger partial charge < -0.3 is 5.11 Å². The van der Waals surface area contributed by atoms with Crippen LogP contribution in [0.5, 0.6) is 0 Å². The Kier molecular flexibility index (Phi) is 1.81. The molecule has 1 aliphatic rings. The molecule has 0 saturated heterocycles. The molecular formula is C9H10ClNO. The molecule has 1 N–H and O–H groups in total. The quantitative estimate of drug-likeness (QED) is 0.625. The van der Waals surface area contributed by atoms with Crippen molar-refractivity contribution in [3.63, 3.8) is 0 Å². The van der Waals surface area contributed by atoms with Crippen LogP contribution >= 0.6 is 11.6 Å². The van der Waals surface area contributed by atoms with Crippen LogP contribution in [0.15, 0.2) is 6.07 Å². The van der Waals surface area contributed by atoms with E-state index in [9.17, 15) is 5.11 Å². The van der Waals surface area contributed by atoms with E-state index < -0.39 is 6.10 Å². The van der Waals surface area contributed by atoms with E-state index in [1.54, 1.807) is 0 Å². The smallest absolute Gasteiger partial charge is 0.129 e. The second kappa shape index (κ2) is 2.71. The van der Waals surface area contributed by atoms with Gasteiger partial charge in [0.1, 0.15) is 5.15 Å². The van der Waals surface area contributed by atoms with Crippen molar-refractivity contribution < 1.29 is 5.11 Å². The summed E-state index contributed by atoms with van der Waals surface area (Å²) in [5.41, 5.74) is 3.09. The van der Waals surface area contributed by atoms with E-state index in [1.165, 1.54) is 5.56 Å². The fraction of sp³-hybridized carbons (Fsp3) is 0.444. The molecule has 0 radical (unpaired) electrons. The van der Waals surface area contributed by atoms with E-state index in [0.717, 1.165) is 24.1 Å². The van der Waals surface area contributed by atoms with Gasteiger partial charge in [0.25, 0.3) is 0 Å². The SMILES string of the molecule is Cc1cc(Cl)nc2c1CCC2O. The minimum Gasteiger partial charge on any atom is -0.387 e. The van der Waals surface area contributed by atoms with E-state index in [-0.39, 0.29) is 0 Å². The number of halogens is 1. The first-order chi connectivity index (χ1) is 5.68. The maximum absolute atomic E-state index is 9.51. The fourth-order valence-electron chi connectivity index (χ4n) is 1.70. The maximum atomic E-state index is 9.51. The third kappa shape index (κ3) is 1.11. The number of hydrogen-bond donors (Lipinski definition) is 1. The van der Waals surface area contributed by atoms with Gasteiger partial charge in [0.15, 0.2) is 0 Å². The summed E-state index contributed by atoms with van der Waals surface area (Å²) in [6.07, 6.45) is 1.30. The highest BCUT2D eigenvalue weighted by Crippen LogP contribution is 2.32. The van der Waals surface area contributed by atoms with Crippen molar-refractivity contribution in [2.24, 2.45) is 0 Å². The van der Waals surface area contributed by atoms with Crippen LogP contribution in [0.3, 0.4) is 0 Å². The highest BCUT2D eigenvalue weighted by Gasteiger charge is 2.23. The predicted molar refractivity (Wildman–Crippen MR) is 47.3 cm³/mol. The number of nitrogens with zero attached hydrogens (tertiary/aromatic N) is 1. The summed E-state index contributed by atoms with van der Waals surface area (Å²) in [6.45, 7) is 2.00. The van der Waals surface area contributed by atoms with Gasteiger partial charge in [-0.25, -0.2) is 4.98 Å². The van der Waals surface area contributed by atoms with E-state index >= 15 is 0 Å². The first kappa shape index (κ1) is 8.02. The van der Waals surface area contributed by atoms with Gasteiger partial charge in [-0.1, -0.05) is 11.6 Å². The van der Waals surface area contributed by atoms with Crippen molar-refractivity contribution in [3.8, 4) is 0 Å². The van der Waals surface area contributed by atoms with Crippen molar-refractivity contribution in [2.45, 2.75) is 25.9 Å². The lowest BCUT2D eigenvalue weighted by molar-refractivity contribution is 0.176. The summed E-state index contributed by atoms with van der Waals surface area (Å²) < 4.78 is 0. The van der Waals surface area contributed by atoms with Crippen molar-refractivity contribution in [3.05, 3.63) is 28.0 Å². The summed E-state index contributed by atoms with van der Waals surface area (Å²) >= 11 is 5.77. The Balaban J connectivity index is 2.60. The molecule has 1 aromatic rings. The highest BCUT2D eigenvalue weighted by molar-refractivity contribution is 6.29. The molecule has 64 valence electrons. The number of aliphatic hydroxyl groups is 1. The van der Waals surface area contributed by atoms with Crippen molar-refractivity contribution in [1.29, 1.82) is 0 Å². The normalized spacial score (nSPS) is 21.1. The minimum atomic E-state index is -0.405. The molecule has 1 unspecified atom stereocenters. The van der Waals surface area contributed by atoms with Crippen LogP contribution in [0.4, 0.5) is 0 Å². The first-order valence-corrected chi connectivity index (χ1v) is 4.40. The van der Waals surface area contributed by atoms with Crippen molar-refractivity contribution in [1.82, 2.24) is 4.98 Å². The van der Waals surface area contributed by atoms with Gasteiger partial charge in [-0.2, -0.15) is 0 Å². The average molecular weight is 184 g/mol. The molecule has 1 atom stereocenters. The molecule has 12 heavy (non-hydrogen) atoms. The number of fused-ring (bicyclic) bond motifs is 1. The van der Waals surface area contributed by atoms with Gasteiger partial charge in [0.2, 0.25) is 0 Å². The molecule has 0 amide bonds. The third-order valence-corrected chi connectivity index (χ3v) is 2.53. The monoisotopic (exact) mass is 183 g/mol. The maximum Gasteiger partial charge on any atom is 0.129 e. The number of rotatable bonds is 0. The molecule has 0 aromatic carbocycles. The fourth-order valence-corrected chi connectivity index (χ4v) is 1.96. The third-order valence-electron chi connectivity index (χ3n) is 2.33. The van der Waals surface area contributed by atoms with Crippen LogP contribution in [0.2, 0.25) is 5.15 Å². The highest BCUT2D eigenvalue weighted by atomic mass is 35.5. The van der Waals surface area contributed by atoms with E-state index in [2.05, 4.69) is 4.98 Å². The second-order valence-corrected chi connectivity index (χ2v) is 3.57. The first-order valence-electron chi connectivity index (χ1n) is 4.02. The Bertz CT molecular complexity index is 325. The standard InChI is InChI=1S/C9H10ClNO/c1-5-4-8(10)11-9-6(5)2-3-7(9)12/h4,7,12H,2-3H2,1H3. The summed E-state index contributed by atoms with van der Waals surface area (Å²) in [6, 6.07) is 1.85. The Hall–Kier alpha value is -0.600. The van der Waals surface area contributed by atoms with Crippen molar-refractivity contribution in [2.75, 3.05) is 0 Å². The van der Waals surface area contributed by atoms with Gasteiger partial charge >= 0.3 is 0 Å². The Morgan fingerprint density at radius 3 is 3.17 bits per heavy atom. The number of aliphatic hydroxyl groups excluding tert-OH is 1. The molecule has 0 aliphatic heterocycles. The van der Waals surface area contributed by atoms with E-state index in [4.69, 9.17) is 11.6 Å². The zero-order valence-corrected chi connectivity index (χ0v) is 7.60. The van der Waals surface area contributed by atoms with Crippen LogP contribution < -0.4 is 0 Å². The lowest BCUT2D eigenvalue weighted by Crippen LogP contribution is -1.96. The molecular weight excluding hydrogens is 174 g/mol. The van der Waals surface area contributed by atoms with Crippen molar-refractivity contribution >= 4 is 11.6 Å². The molecule has 0 saturated carbocycles. The molecule has 0 bridgehead atoms.